The van der Waals surface area contributed by atoms with Crippen molar-refractivity contribution in [1.29, 1.82) is 0 Å². The van der Waals surface area contributed by atoms with E-state index in [0.717, 1.165) is 19.5 Å². The number of carbonyl (C=O) groups excluding carboxylic acids is 1. The summed E-state index contributed by atoms with van der Waals surface area (Å²) in [7, 11) is 5.78. The van der Waals surface area contributed by atoms with Gasteiger partial charge in [-0.1, -0.05) is 0 Å². The van der Waals surface area contributed by atoms with Gasteiger partial charge in [0.05, 0.1) is 0 Å². The summed E-state index contributed by atoms with van der Waals surface area (Å²) in [5.41, 5.74) is 0. The average molecular weight is 183 g/mol. The Kier molecular flexibility index (Phi) is 1.95. The number of fused-ring (bicyclic) bond motifs is 2. The van der Waals surface area contributed by atoms with E-state index in [9.17, 15) is 4.79 Å². The zero-order valence-electron chi connectivity index (χ0n) is 8.53. The lowest BCUT2D eigenvalue weighted by Gasteiger charge is -2.33. The quantitative estimate of drug-likeness (QED) is 0.531. The van der Waals surface area contributed by atoms with Gasteiger partial charge in [-0.2, -0.15) is 0 Å². The van der Waals surface area contributed by atoms with E-state index in [4.69, 9.17) is 0 Å². The Balaban J connectivity index is 2.03. The third kappa shape index (κ3) is 1.29. The summed E-state index contributed by atoms with van der Waals surface area (Å²) >= 11 is 0. The third-order valence-corrected chi connectivity index (χ3v) is 3.14. The summed E-state index contributed by atoms with van der Waals surface area (Å²) in [4.78, 5) is 17.7. The molecule has 2 bridgehead atoms. The predicted molar refractivity (Wildman–Crippen MR) is 50.6 cm³/mol. The Labute approximate surface area is 79.1 Å². The van der Waals surface area contributed by atoms with Crippen LogP contribution in [0.2, 0.25) is 0 Å². The van der Waals surface area contributed by atoms with Gasteiger partial charge < -0.3 is 9.80 Å². The number of piperazine rings is 1. The number of urea groups is 1. The van der Waals surface area contributed by atoms with E-state index in [1.807, 2.05) is 19.0 Å². The Morgan fingerprint density at radius 2 is 2.00 bits per heavy atom. The molecule has 0 saturated carbocycles. The molecule has 2 aliphatic heterocycles. The van der Waals surface area contributed by atoms with Crippen LogP contribution in [0.5, 0.6) is 0 Å². The molecule has 4 nitrogen and oxygen atoms in total. The molecular weight excluding hydrogens is 166 g/mol. The lowest BCUT2D eigenvalue weighted by Crippen LogP contribution is -2.50. The van der Waals surface area contributed by atoms with Crippen LogP contribution in [0.4, 0.5) is 4.79 Å². The lowest BCUT2D eigenvalue weighted by atomic mass is 10.2. The number of hydrogen-bond acceptors (Lipinski definition) is 2. The molecule has 0 spiro atoms. The highest BCUT2D eigenvalue weighted by molar-refractivity contribution is 5.74. The Hall–Kier alpha value is -0.770. The zero-order chi connectivity index (χ0) is 9.59. The molecule has 2 heterocycles. The van der Waals surface area contributed by atoms with Gasteiger partial charge in [0.25, 0.3) is 0 Å². The Morgan fingerprint density at radius 1 is 1.31 bits per heavy atom. The average Bonchev–Trinajstić information content (AvgIpc) is 2.60. The van der Waals surface area contributed by atoms with Crippen LogP contribution in [0, 0.1) is 0 Å². The summed E-state index contributed by atoms with van der Waals surface area (Å²) in [6, 6.07) is 1.24. The SMILES string of the molecule is CN(C)C(=O)N1CC2CC1CN2C. The molecule has 2 aliphatic rings. The van der Waals surface area contributed by atoms with Crippen molar-refractivity contribution in [2.24, 2.45) is 0 Å². The van der Waals surface area contributed by atoms with E-state index in [-0.39, 0.29) is 6.03 Å². The van der Waals surface area contributed by atoms with Crippen molar-refractivity contribution in [2.45, 2.75) is 18.5 Å². The summed E-state index contributed by atoms with van der Waals surface area (Å²) in [6.45, 7) is 1.96. The van der Waals surface area contributed by atoms with E-state index in [0.29, 0.717) is 12.1 Å². The van der Waals surface area contributed by atoms with Crippen molar-refractivity contribution in [3.8, 4) is 0 Å². The van der Waals surface area contributed by atoms with Gasteiger partial charge >= 0.3 is 6.03 Å². The molecule has 0 N–H and O–H groups in total. The number of rotatable bonds is 0. The second-order valence-corrected chi connectivity index (χ2v) is 4.31. The number of amides is 2. The van der Waals surface area contributed by atoms with Crippen molar-refractivity contribution in [1.82, 2.24) is 14.7 Å². The second-order valence-electron chi connectivity index (χ2n) is 4.31. The molecule has 0 aliphatic carbocycles. The minimum Gasteiger partial charge on any atom is -0.331 e. The van der Waals surface area contributed by atoms with Gasteiger partial charge in [-0.3, -0.25) is 4.90 Å². The number of likely N-dealkylation sites (tertiary alicyclic amines) is 2. The Morgan fingerprint density at radius 3 is 2.38 bits per heavy atom. The minimum atomic E-state index is 0.167. The summed E-state index contributed by atoms with van der Waals surface area (Å²) in [5, 5.41) is 0. The fourth-order valence-corrected chi connectivity index (χ4v) is 2.36. The van der Waals surface area contributed by atoms with Crippen molar-refractivity contribution >= 4 is 6.03 Å². The molecule has 0 aromatic rings. The first-order chi connectivity index (χ1) is 6.09. The second kappa shape index (κ2) is 2.87. The minimum absolute atomic E-state index is 0.167. The Bertz CT molecular complexity index is 227. The van der Waals surface area contributed by atoms with Gasteiger partial charge in [0.2, 0.25) is 0 Å². The van der Waals surface area contributed by atoms with Gasteiger partial charge in [-0.05, 0) is 13.5 Å². The number of nitrogens with zero attached hydrogens (tertiary/aromatic N) is 3. The van der Waals surface area contributed by atoms with Gasteiger partial charge in [0.1, 0.15) is 0 Å². The molecule has 2 saturated heterocycles. The van der Waals surface area contributed by atoms with Gasteiger partial charge in [-0.15, -0.1) is 0 Å². The largest absolute Gasteiger partial charge is 0.331 e. The highest BCUT2D eigenvalue weighted by atomic mass is 16.2. The number of hydrogen-bond donors (Lipinski definition) is 0. The van der Waals surface area contributed by atoms with Crippen LogP contribution in [-0.2, 0) is 0 Å². The fraction of sp³-hybridized carbons (Fsp3) is 0.889. The highest BCUT2D eigenvalue weighted by Gasteiger charge is 2.43. The molecule has 2 unspecified atom stereocenters. The van der Waals surface area contributed by atoms with Crippen LogP contribution in [0.3, 0.4) is 0 Å². The van der Waals surface area contributed by atoms with Crippen LogP contribution >= 0.6 is 0 Å². The number of carbonyl (C=O) groups is 1. The van der Waals surface area contributed by atoms with Crippen LogP contribution in [-0.4, -0.2) is 67.0 Å². The predicted octanol–water partition coefficient (Wildman–Crippen LogP) is 0.0563. The maximum Gasteiger partial charge on any atom is 0.319 e. The molecule has 2 rings (SSSR count). The standard InChI is InChI=1S/C9H17N3O/c1-10(2)9(13)12-6-7-4-8(12)5-11(7)3/h7-8H,4-6H2,1-3H3. The van der Waals surface area contributed by atoms with Crippen LogP contribution in [0.15, 0.2) is 0 Å². The van der Waals surface area contributed by atoms with E-state index in [1.165, 1.54) is 0 Å². The topological polar surface area (TPSA) is 26.8 Å². The molecule has 0 aromatic heterocycles. The third-order valence-electron chi connectivity index (χ3n) is 3.14. The van der Waals surface area contributed by atoms with E-state index in [2.05, 4.69) is 11.9 Å². The summed E-state index contributed by atoms with van der Waals surface area (Å²) < 4.78 is 0. The van der Waals surface area contributed by atoms with Gasteiger partial charge in [0, 0.05) is 39.3 Å². The van der Waals surface area contributed by atoms with Gasteiger partial charge in [0.15, 0.2) is 0 Å². The maximum atomic E-state index is 11.7. The molecule has 2 fully saturated rings. The molecule has 74 valence electrons. The highest BCUT2D eigenvalue weighted by Crippen LogP contribution is 2.29. The lowest BCUT2D eigenvalue weighted by molar-refractivity contribution is 0.132. The fourth-order valence-electron chi connectivity index (χ4n) is 2.36. The van der Waals surface area contributed by atoms with Crippen LogP contribution in [0.1, 0.15) is 6.42 Å². The van der Waals surface area contributed by atoms with Gasteiger partial charge in [-0.25, -0.2) is 4.79 Å². The summed E-state index contributed by atoms with van der Waals surface area (Å²) in [6.07, 6.45) is 1.16. The molecule has 2 atom stereocenters. The molecule has 2 amide bonds. The molecule has 13 heavy (non-hydrogen) atoms. The molecule has 0 aromatic carbocycles. The van der Waals surface area contributed by atoms with Crippen molar-refractivity contribution in [2.75, 3.05) is 34.2 Å². The first kappa shape index (κ1) is 8.81. The molecular formula is C9H17N3O. The van der Waals surface area contributed by atoms with Crippen LogP contribution < -0.4 is 0 Å². The van der Waals surface area contributed by atoms with E-state index in [1.54, 1.807) is 4.90 Å². The first-order valence-corrected chi connectivity index (χ1v) is 4.77. The molecule has 0 radical (unpaired) electrons. The summed E-state index contributed by atoms with van der Waals surface area (Å²) in [5.74, 6) is 0. The molecule has 4 heteroatoms. The van der Waals surface area contributed by atoms with Crippen molar-refractivity contribution in [3.63, 3.8) is 0 Å². The van der Waals surface area contributed by atoms with Crippen LogP contribution in [0.25, 0.3) is 0 Å². The maximum absolute atomic E-state index is 11.7. The van der Waals surface area contributed by atoms with Crippen molar-refractivity contribution < 1.29 is 4.79 Å². The normalized spacial score (nSPS) is 32.7. The number of likely N-dealkylation sites (N-methyl/N-ethyl adjacent to an activating group) is 1. The smallest absolute Gasteiger partial charge is 0.319 e. The first-order valence-electron chi connectivity index (χ1n) is 4.77. The van der Waals surface area contributed by atoms with E-state index < -0.39 is 0 Å². The monoisotopic (exact) mass is 183 g/mol. The zero-order valence-corrected chi connectivity index (χ0v) is 8.53. The van der Waals surface area contributed by atoms with E-state index >= 15 is 0 Å². The van der Waals surface area contributed by atoms with Crippen molar-refractivity contribution in [3.05, 3.63) is 0 Å².